The van der Waals surface area contributed by atoms with Crippen LogP contribution in [-0.2, 0) is 10.0 Å². The van der Waals surface area contributed by atoms with Crippen molar-refractivity contribution < 1.29 is 12.8 Å². The molecule has 18 heavy (non-hydrogen) atoms. The fourth-order valence-electron chi connectivity index (χ4n) is 2.01. The SMILES string of the molecule is O=S(=O)(NC1CCC(Cl)CC1)c1ncccc1F. The summed E-state index contributed by atoms with van der Waals surface area (Å²) in [6.45, 7) is 0. The third-order valence-corrected chi connectivity index (χ3v) is 4.85. The molecule has 1 aromatic heterocycles. The minimum absolute atomic E-state index is 0.109. The van der Waals surface area contributed by atoms with Crippen LogP contribution in [0.2, 0.25) is 0 Å². The molecule has 0 bridgehead atoms. The quantitative estimate of drug-likeness (QED) is 0.868. The van der Waals surface area contributed by atoms with Gasteiger partial charge >= 0.3 is 0 Å². The molecule has 4 nitrogen and oxygen atoms in total. The smallest absolute Gasteiger partial charge is 0.241 e. The van der Waals surface area contributed by atoms with E-state index < -0.39 is 20.9 Å². The summed E-state index contributed by atoms with van der Waals surface area (Å²) in [7, 11) is -3.89. The largest absolute Gasteiger partial charge is 0.261 e. The van der Waals surface area contributed by atoms with E-state index in [1.165, 1.54) is 12.3 Å². The van der Waals surface area contributed by atoms with Gasteiger partial charge in [-0.15, -0.1) is 11.6 Å². The summed E-state index contributed by atoms with van der Waals surface area (Å²) in [6, 6.07) is 2.25. The van der Waals surface area contributed by atoms with Crippen LogP contribution in [0.15, 0.2) is 23.4 Å². The van der Waals surface area contributed by atoms with Crippen LogP contribution in [0.1, 0.15) is 25.7 Å². The topological polar surface area (TPSA) is 59.1 Å². The van der Waals surface area contributed by atoms with Gasteiger partial charge in [-0.25, -0.2) is 22.5 Å². The highest BCUT2D eigenvalue weighted by Crippen LogP contribution is 2.24. The molecule has 0 radical (unpaired) electrons. The molecule has 0 aromatic carbocycles. The van der Waals surface area contributed by atoms with Crippen LogP contribution in [0.25, 0.3) is 0 Å². The molecule has 0 unspecified atom stereocenters. The fraction of sp³-hybridized carbons (Fsp3) is 0.545. The second kappa shape index (κ2) is 5.50. The number of nitrogens with zero attached hydrogens (tertiary/aromatic N) is 1. The number of aromatic nitrogens is 1. The minimum atomic E-state index is -3.89. The lowest BCUT2D eigenvalue weighted by Gasteiger charge is -2.25. The summed E-state index contributed by atoms with van der Waals surface area (Å²) < 4.78 is 39.8. The molecule has 0 atom stereocenters. The van der Waals surface area contributed by atoms with Gasteiger partial charge in [0, 0.05) is 17.6 Å². The van der Waals surface area contributed by atoms with Crippen LogP contribution in [0, 0.1) is 5.82 Å². The summed E-state index contributed by atoms with van der Waals surface area (Å²) in [5.74, 6) is -0.837. The van der Waals surface area contributed by atoms with Crippen molar-refractivity contribution >= 4 is 21.6 Å². The van der Waals surface area contributed by atoms with E-state index in [1.807, 2.05) is 0 Å². The molecule has 1 N–H and O–H groups in total. The molecule has 2 rings (SSSR count). The molecule has 7 heteroatoms. The first kappa shape index (κ1) is 13.7. The first-order chi connectivity index (χ1) is 8.49. The highest BCUT2D eigenvalue weighted by molar-refractivity contribution is 7.89. The van der Waals surface area contributed by atoms with Crippen molar-refractivity contribution in [2.24, 2.45) is 0 Å². The molecular formula is C11H14ClFN2O2S. The zero-order chi connectivity index (χ0) is 13.2. The van der Waals surface area contributed by atoms with Gasteiger partial charge in [0.25, 0.3) is 10.0 Å². The maximum atomic E-state index is 13.4. The number of sulfonamides is 1. The Bertz CT molecular complexity index is 516. The second-order valence-corrected chi connectivity index (χ2v) is 6.61. The molecule has 1 heterocycles. The summed E-state index contributed by atoms with van der Waals surface area (Å²) in [4.78, 5) is 3.58. The van der Waals surface area contributed by atoms with E-state index in [0.29, 0.717) is 12.8 Å². The average Bonchev–Trinajstić information content (AvgIpc) is 2.32. The van der Waals surface area contributed by atoms with Gasteiger partial charge in [0.1, 0.15) is 0 Å². The Balaban J connectivity index is 2.11. The predicted molar refractivity (Wildman–Crippen MR) is 66.4 cm³/mol. The molecule has 1 fully saturated rings. The van der Waals surface area contributed by atoms with Gasteiger partial charge < -0.3 is 0 Å². The van der Waals surface area contributed by atoms with Crippen LogP contribution in [0.3, 0.4) is 0 Å². The summed E-state index contributed by atoms with van der Waals surface area (Å²) in [5, 5.41) is -0.435. The lowest BCUT2D eigenvalue weighted by molar-refractivity contribution is 0.414. The highest BCUT2D eigenvalue weighted by Gasteiger charge is 2.27. The lowest BCUT2D eigenvalue weighted by Crippen LogP contribution is -2.38. The van der Waals surface area contributed by atoms with Crippen LogP contribution < -0.4 is 4.72 Å². The van der Waals surface area contributed by atoms with Crippen molar-refractivity contribution in [2.45, 2.75) is 42.1 Å². The van der Waals surface area contributed by atoms with E-state index in [4.69, 9.17) is 11.6 Å². The molecule has 1 aromatic rings. The van der Waals surface area contributed by atoms with Crippen LogP contribution in [-0.4, -0.2) is 24.8 Å². The van der Waals surface area contributed by atoms with Gasteiger partial charge in [0.15, 0.2) is 5.82 Å². The van der Waals surface area contributed by atoms with E-state index >= 15 is 0 Å². The van der Waals surface area contributed by atoms with Crippen LogP contribution in [0.4, 0.5) is 4.39 Å². The molecule has 100 valence electrons. The molecule has 1 saturated carbocycles. The standard InChI is InChI=1S/C11H14ClFN2O2S/c12-8-3-5-9(6-4-8)15-18(16,17)11-10(13)2-1-7-14-11/h1-2,7-9,15H,3-6H2. The number of nitrogens with one attached hydrogen (secondary N) is 1. The minimum Gasteiger partial charge on any atom is -0.241 e. The van der Waals surface area contributed by atoms with Crippen molar-refractivity contribution in [3.8, 4) is 0 Å². The Hall–Kier alpha value is -0.720. The van der Waals surface area contributed by atoms with Gasteiger partial charge in [-0.05, 0) is 37.8 Å². The van der Waals surface area contributed by atoms with E-state index in [0.717, 1.165) is 18.9 Å². The van der Waals surface area contributed by atoms with Crippen molar-refractivity contribution in [1.82, 2.24) is 9.71 Å². The highest BCUT2D eigenvalue weighted by atomic mass is 35.5. The molecule has 1 aliphatic carbocycles. The maximum Gasteiger partial charge on any atom is 0.261 e. The third-order valence-electron chi connectivity index (χ3n) is 2.96. The van der Waals surface area contributed by atoms with Gasteiger partial charge in [0.2, 0.25) is 5.03 Å². The van der Waals surface area contributed by atoms with Crippen molar-refractivity contribution in [3.63, 3.8) is 0 Å². The fourth-order valence-corrected chi connectivity index (χ4v) is 3.58. The number of rotatable bonds is 3. The third kappa shape index (κ3) is 3.18. The molecule has 0 spiro atoms. The Morgan fingerprint density at radius 3 is 2.61 bits per heavy atom. The van der Waals surface area contributed by atoms with Crippen LogP contribution >= 0.6 is 11.6 Å². The Morgan fingerprint density at radius 1 is 1.33 bits per heavy atom. The predicted octanol–water partition coefficient (Wildman–Crippen LogP) is 2.05. The molecule has 0 aliphatic heterocycles. The Kier molecular flexibility index (Phi) is 4.19. The van der Waals surface area contributed by atoms with E-state index in [-0.39, 0.29) is 11.4 Å². The first-order valence-corrected chi connectivity index (χ1v) is 7.68. The van der Waals surface area contributed by atoms with Gasteiger partial charge in [-0.2, -0.15) is 0 Å². The van der Waals surface area contributed by atoms with E-state index in [9.17, 15) is 12.8 Å². The van der Waals surface area contributed by atoms with Crippen molar-refractivity contribution in [3.05, 3.63) is 24.1 Å². The normalized spacial score (nSPS) is 25.0. The van der Waals surface area contributed by atoms with E-state index in [2.05, 4.69) is 9.71 Å². The Morgan fingerprint density at radius 2 is 2.00 bits per heavy atom. The Labute approximate surface area is 111 Å². The number of hydrogen-bond acceptors (Lipinski definition) is 3. The van der Waals surface area contributed by atoms with Gasteiger partial charge in [0.05, 0.1) is 0 Å². The second-order valence-electron chi connectivity index (χ2n) is 4.36. The van der Waals surface area contributed by atoms with Crippen molar-refractivity contribution in [2.75, 3.05) is 0 Å². The molecule has 1 aliphatic rings. The van der Waals surface area contributed by atoms with Crippen molar-refractivity contribution in [1.29, 1.82) is 0 Å². The van der Waals surface area contributed by atoms with Gasteiger partial charge in [-0.1, -0.05) is 0 Å². The zero-order valence-electron chi connectivity index (χ0n) is 9.64. The molecular weight excluding hydrogens is 279 g/mol. The molecule has 0 amide bonds. The number of pyridine rings is 1. The number of hydrogen-bond donors (Lipinski definition) is 1. The monoisotopic (exact) mass is 292 g/mol. The first-order valence-electron chi connectivity index (χ1n) is 5.76. The number of halogens is 2. The average molecular weight is 293 g/mol. The van der Waals surface area contributed by atoms with Gasteiger partial charge in [-0.3, -0.25) is 0 Å². The van der Waals surface area contributed by atoms with Crippen LogP contribution in [0.5, 0.6) is 0 Å². The summed E-state index contributed by atoms with van der Waals surface area (Å²) >= 11 is 5.95. The number of alkyl halides is 1. The lowest BCUT2D eigenvalue weighted by atomic mass is 9.96. The molecule has 0 saturated heterocycles. The maximum absolute atomic E-state index is 13.4. The summed E-state index contributed by atoms with van der Waals surface area (Å²) in [6.07, 6.45) is 4.12. The zero-order valence-corrected chi connectivity index (χ0v) is 11.2. The summed E-state index contributed by atoms with van der Waals surface area (Å²) in [5.41, 5.74) is 0. The van der Waals surface area contributed by atoms with E-state index in [1.54, 1.807) is 0 Å².